The minimum atomic E-state index is -0.380. The maximum Gasteiger partial charge on any atom is 0.273 e. The molecule has 0 spiro atoms. The lowest BCUT2D eigenvalue weighted by molar-refractivity contribution is 0.0956. The van der Waals surface area contributed by atoms with Crippen molar-refractivity contribution in [3.63, 3.8) is 0 Å². The van der Waals surface area contributed by atoms with Crippen molar-refractivity contribution in [1.29, 1.82) is 0 Å². The van der Waals surface area contributed by atoms with Crippen LogP contribution in [0.4, 0.5) is 5.69 Å². The summed E-state index contributed by atoms with van der Waals surface area (Å²) in [6.45, 7) is 0. The topological polar surface area (TPSA) is 87.7 Å². The smallest absolute Gasteiger partial charge is 0.273 e. The van der Waals surface area contributed by atoms with Gasteiger partial charge in [0.15, 0.2) is 0 Å². The van der Waals surface area contributed by atoms with Crippen LogP contribution in [0.15, 0.2) is 53.6 Å². The van der Waals surface area contributed by atoms with Crippen molar-refractivity contribution >= 4 is 17.8 Å². The zero-order valence-electron chi connectivity index (χ0n) is 10.1. The number of carbonyl (C=O) groups is 1. The Bertz CT molecular complexity index is 624. The average Bonchev–Trinajstić information content (AvgIpc) is 2.39. The van der Waals surface area contributed by atoms with Crippen molar-refractivity contribution in [1.82, 2.24) is 5.43 Å². The summed E-state index contributed by atoms with van der Waals surface area (Å²) < 4.78 is 0. The summed E-state index contributed by atoms with van der Waals surface area (Å²) in [5, 5.41) is 13.1. The molecule has 2 aromatic rings. The van der Waals surface area contributed by atoms with E-state index >= 15 is 0 Å². The van der Waals surface area contributed by atoms with Gasteiger partial charge >= 0.3 is 0 Å². The lowest BCUT2D eigenvalue weighted by Gasteiger charge is -2.02. The Balaban J connectivity index is 2.03. The number of hydrazone groups is 1. The maximum absolute atomic E-state index is 11.8. The van der Waals surface area contributed by atoms with Gasteiger partial charge in [-0.15, -0.1) is 0 Å². The molecule has 0 heterocycles. The fraction of sp³-hybridized carbons (Fsp3) is 0. The number of hydrogen-bond donors (Lipinski definition) is 3. The van der Waals surface area contributed by atoms with E-state index in [2.05, 4.69) is 10.5 Å². The molecule has 0 aliphatic rings. The van der Waals surface area contributed by atoms with Gasteiger partial charge < -0.3 is 10.8 Å². The Kier molecular flexibility index (Phi) is 3.78. The number of nitrogens with one attached hydrogen (secondary N) is 1. The number of phenols is 1. The molecule has 5 heteroatoms. The average molecular weight is 255 g/mol. The lowest BCUT2D eigenvalue weighted by Crippen LogP contribution is -2.18. The summed E-state index contributed by atoms with van der Waals surface area (Å²) in [6, 6.07) is 13.3. The van der Waals surface area contributed by atoms with Gasteiger partial charge in [-0.25, -0.2) is 5.43 Å². The van der Waals surface area contributed by atoms with Gasteiger partial charge in [0.1, 0.15) is 5.75 Å². The number of aromatic hydroxyl groups is 1. The summed E-state index contributed by atoms with van der Waals surface area (Å²) in [5.41, 5.74) is 9.50. The normalized spacial score (nSPS) is 10.5. The van der Waals surface area contributed by atoms with E-state index in [9.17, 15) is 9.90 Å². The third-order valence-electron chi connectivity index (χ3n) is 2.46. The number of para-hydroxylation sites is 1. The molecule has 0 unspecified atom stereocenters. The molecule has 0 aliphatic heterocycles. The first-order chi connectivity index (χ1) is 9.16. The van der Waals surface area contributed by atoms with E-state index < -0.39 is 0 Å². The molecule has 0 saturated carbocycles. The first-order valence-electron chi connectivity index (χ1n) is 5.64. The highest BCUT2D eigenvalue weighted by Gasteiger charge is 2.06. The number of phenolic OH excluding ortho intramolecular Hbond substituents is 1. The van der Waals surface area contributed by atoms with Crippen LogP contribution in [0.25, 0.3) is 0 Å². The van der Waals surface area contributed by atoms with E-state index in [1.807, 2.05) is 0 Å². The van der Waals surface area contributed by atoms with Gasteiger partial charge in [-0.05, 0) is 29.8 Å². The van der Waals surface area contributed by atoms with Crippen molar-refractivity contribution in [3.8, 4) is 5.75 Å². The molecule has 5 nitrogen and oxygen atoms in total. The van der Waals surface area contributed by atoms with Gasteiger partial charge in [0.25, 0.3) is 5.91 Å². The van der Waals surface area contributed by atoms with Crippen LogP contribution in [0, 0.1) is 0 Å². The Hall–Kier alpha value is -2.82. The van der Waals surface area contributed by atoms with E-state index in [1.165, 1.54) is 12.3 Å². The number of nitrogen functional groups attached to an aromatic ring is 1. The van der Waals surface area contributed by atoms with E-state index in [1.54, 1.807) is 42.5 Å². The van der Waals surface area contributed by atoms with Gasteiger partial charge in [0, 0.05) is 5.69 Å². The number of rotatable bonds is 3. The SMILES string of the molecule is Nc1ccccc1C(=O)N/N=C\c1cccc(O)c1. The molecule has 1 amide bonds. The summed E-state index contributed by atoms with van der Waals surface area (Å²) in [5.74, 6) is -0.239. The quantitative estimate of drug-likeness (QED) is 0.443. The number of amides is 1. The first kappa shape index (κ1) is 12.6. The van der Waals surface area contributed by atoms with E-state index in [0.717, 1.165) is 0 Å². The van der Waals surface area contributed by atoms with Gasteiger partial charge in [-0.1, -0.05) is 24.3 Å². The fourth-order valence-electron chi connectivity index (χ4n) is 1.53. The maximum atomic E-state index is 11.8. The van der Waals surface area contributed by atoms with E-state index in [0.29, 0.717) is 16.8 Å². The molecule has 0 fully saturated rings. The summed E-state index contributed by atoms with van der Waals surface area (Å²) >= 11 is 0. The minimum absolute atomic E-state index is 0.141. The van der Waals surface area contributed by atoms with Crippen molar-refractivity contribution in [2.24, 2.45) is 5.10 Å². The Labute approximate surface area is 110 Å². The predicted octanol–water partition coefficient (Wildman–Crippen LogP) is 1.74. The number of nitrogens with zero attached hydrogens (tertiary/aromatic N) is 1. The van der Waals surface area contributed by atoms with Gasteiger partial charge in [-0.3, -0.25) is 4.79 Å². The molecule has 0 saturated heterocycles. The highest BCUT2D eigenvalue weighted by atomic mass is 16.3. The van der Waals surface area contributed by atoms with Crippen LogP contribution in [-0.2, 0) is 0 Å². The number of carbonyl (C=O) groups excluding carboxylic acids is 1. The van der Waals surface area contributed by atoms with Crippen molar-refractivity contribution < 1.29 is 9.90 Å². The number of nitrogens with two attached hydrogens (primary N) is 1. The van der Waals surface area contributed by atoms with Gasteiger partial charge in [0.05, 0.1) is 11.8 Å². The highest BCUT2D eigenvalue weighted by Crippen LogP contribution is 2.10. The largest absolute Gasteiger partial charge is 0.508 e. The second-order valence-electron chi connectivity index (χ2n) is 3.88. The molecule has 0 bridgehead atoms. The van der Waals surface area contributed by atoms with Crippen molar-refractivity contribution in [2.75, 3.05) is 5.73 Å². The second-order valence-corrected chi connectivity index (χ2v) is 3.88. The molecule has 2 rings (SSSR count). The monoisotopic (exact) mass is 255 g/mol. The molecule has 2 aromatic carbocycles. The zero-order chi connectivity index (χ0) is 13.7. The predicted molar refractivity (Wildman–Crippen MR) is 74.0 cm³/mol. The van der Waals surface area contributed by atoms with Crippen LogP contribution in [0.3, 0.4) is 0 Å². The van der Waals surface area contributed by atoms with Crippen molar-refractivity contribution in [3.05, 3.63) is 59.7 Å². The highest BCUT2D eigenvalue weighted by molar-refractivity contribution is 5.99. The van der Waals surface area contributed by atoms with Crippen molar-refractivity contribution in [2.45, 2.75) is 0 Å². The Morgan fingerprint density at radius 2 is 2.00 bits per heavy atom. The Morgan fingerprint density at radius 1 is 1.21 bits per heavy atom. The standard InChI is InChI=1S/C14H13N3O2/c15-13-7-2-1-6-12(13)14(19)17-16-9-10-4-3-5-11(18)8-10/h1-9,18H,15H2,(H,17,19)/b16-9-. The molecule has 0 aromatic heterocycles. The van der Waals surface area contributed by atoms with E-state index in [4.69, 9.17) is 5.73 Å². The van der Waals surface area contributed by atoms with Crippen LogP contribution >= 0.6 is 0 Å². The molecule has 96 valence electrons. The van der Waals surface area contributed by atoms with Crippen LogP contribution in [-0.4, -0.2) is 17.2 Å². The molecule has 19 heavy (non-hydrogen) atoms. The number of anilines is 1. The Morgan fingerprint density at radius 3 is 2.74 bits per heavy atom. The van der Waals surface area contributed by atoms with Gasteiger partial charge in [-0.2, -0.15) is 5.10 Å². The first-order valence-corrected chi connectivity index (χ1v) is 5.64. The van der Waals surface area contributed by atoms with Crippen LogP contribution in [0.1, 0.15) is 15.9 Å². The summed E-state index contributed by atoms with van der Waals surface area (Å²) in [6.07, 6.45) is 1.44. The molecule has 0 aliphatic carbocycles. The minimum Gasteiger partial charge on any atom is -0.508 e. The zero-order valence-corrected chi connectivity index (χ0v) is 10.1. The second kappa shape index (κ2) is 5.68. The molecular formula is C14H13N3O2. The van der Waals surface area contributed by atoms with Crippen LogP contribution in [0.2, 0.25) is 0 Å². The third kappa shape index (κ3) is 3.32. The number of benzene rings is 2. The molecular weight excluding hydrogens is 242 g/mol. The summed E-state index contributed by atoms with van der Waals surface area (Å²) in [7, 11) is 0. The van der Waals surface area contributed by atoms with Gasteiger partial charge in [0.2, 0.25) is 0 Å². The molecule has 0 atom stereocenters. The fourth-order valence-corrected chi connectivity index (χ4v) is 1.53. The molecule has 4 N–H and O–H groups in total. The third-order valence-corrected chi connectivity index (χ3v) is 2.46. The number of hydrogen-bond acceptors (Lipinski definition) is 4. The van der Waals surface area contributed by atoms with Crippen LogP contribution in [0.5, 0.6) is 5.75 Å². The summed E-state index contributed by atoms with van der Waals surface area (Å²) in [4.78, 5) is 11.8. The molecule has 0 radical (unpaired) electrons. The van der Waals surface area contributed by atoms with E-state index in [-0.39, 0.29) is 11.7 Å². The lowest BCUT2D eigenvalue weighted by atomic mass is 10.2. The van der Waals surface area contributed by atoms with Crippen LogP contribution < -0.4 is 11.2 Å².